The lowest BCUT2D eigenvalue weighted by Crippen LogP contribution is -2.56. The molecule has 324 valence electrons. The first-order chi connectivity index (χ1) is 28.1. The number of carbonyl (C=O) groups is 4. The number of hydrogen-bond acceptors (Lipinski definition) is 7. The normalized spacial score (nSPS) is 23.3. The van der Waals surface area contributed by atoms with Gasteiger partial charge in [0, 0.05) is 30.5 Å². The second-order valence-electron chi connectivity index (χ2n) is 18.1. The molecule has 3 aliphatic heterocycles. The summed E-state index contributed by atoms with van der Waals surface area (Å²) in [7, 11) is -0.128. The van der Waals surface area contributed by atoms with Gasteiger partial charge in [0.05, 0.1) is 23.4 Å². The Balaban J connectivity index is 1.01. The molecule has 2 N–H and O–H groups in total. The van der Waals surface area contributed by atoms with Gasteiger partial charge in [-0.2, -0.15) is 23.7 Å². The van der Waals surface area contributed by atoms with Gasteiger partial charge in [-0.25, -0.2) is 0 Å². The van der Waals surface area contributed by atoms with Crippen LogP contribution >= 0.6 is 22.7 Å². The number of hydrogen-bond donors (Lipinski definition) is 2. The Morgan fingerprint density at radius 2 is 1.75 bits per heavy atom. The van der Waals surface area contributed by atoms with Crippen molar-refractivity contribution >= 4 is 74.1 Å². The Morgan fingerprint density at radius 1 is 1.08 bits per heavy atom. The number of allylic oxidation sites excluding steroid dienone is 3. The third-order valence-electron chi connectivity index (χ3n) is 11.9. The van der Waals surface area contributed by atoms with Gasteiger partial charge in [0.15, 0.2) is 5.11 Å². The van der Waals surface area contributed by atoms with E-state index in [2.05, 4.69) is 35.2 Å². The van der Waals surface area contributed by atoms with Gasteiger partial charge < -0.3 is 29.8 Å². The molecule has 15 heteroatoms. The zero-order valence-corrected chi connectivity index (χ0v) is 36.8. The summed E-state index contributed by atoms with van der Waals surface area (Å²) in [6, 6.07) is 10.1. The third kappa shape index (κ3) is 9.49. The standard InChI is InChI=1S/C45H55F3N4O6S2/c1-28(9-8-20-58-27-37(55)49-38(42(2,3)4)39(56)50-25-34(54)23-33(50)26-53)60-21-16-30(17-22-60)29-10-12-31(13-11-29)52-41(59)51(40(57)43(52,5)6)32-14-15-35(44(7)18-19-44)36(24-32)45(46,47)48/h10-17,21-22,24,26,28,33-34,38,54H,8-9,18-20,23,25,27H2,1-7H3,(H,49,55)/t28-,33+,34-,38?/m1/s1. The number of benzene rings is 2. The minimum absolute atomic E-state index is 0.0494. The molecule has 0 radical (unpaired) electrons. The second kappa shape index (κ2) is 17.3. The SMILES string of the molecule is C[C@H](CCCOCC(=O)NC(C(=O)N1C[C@H](O)C[C@H]1C=O)C(C)(C)C)S1=CC=C(c2ccc(N3C(=S)N(c4ccc(C5(C)CC5)c(C(F)(F)F)c4)C(=O)C3(C)C)cc2)C=C1. The van der Waals surface area contributed by atoms with Crippen LogP contribution in [0.25, 0.3) is 5.57 Å². The van der Waals surface area contributed by atoms with E-state index in [9.17, 15) is 37.5 Å². The summed E-state index contributed by atoms with van der Waals surface area (Å²) in [6.45, 7) is 13.1. The van der Waals surface area contributed by atoms with Crippen molar-refractivity contribution in [1.29, 1.82) is 0 Å². The van der Waals surface area contributed by atoms with Crippen LogP contribution in [0.2, 0.25) is 0 Å². The highest BCUT2D eigenvalue weighted by atomic mass is 32.2. The molecule has 5 atom stereocenters. The summed E-state index contributed by atoms with van der Waals surface area (Å²) in [5, 5.41) is 17.6. The maximum absolute atomic E-state index is 14.2. The molecule has 3 amide bonds. The highest BCUT2D eigenvalue weighted by molar-refractivity contribution is 8.18. The molecule has 3 fully saturated rings. The summed E-state index contributed by atoms with van der Waals surface area (Å²) in [5.41, 5.74) is -0.0623. The molecule has 0 bridgehead atoms. The summed E-state index contributed by atoms with van der Waals surface area (Å²) < 4.78 is 48.4. The van der Waals surface area contributed by atoms with Gasteiger partial charge in [-0.3, -0.25) is 19.3 Å². The van der Waals surface area contributed by atoms with E-state index in [-0.39, 0.29) is 46.4 Å². The van der Waals surface area contributed by atoms with E-state index in [1.54, 1.807) is 24.8 Å². The number of nitrogens with zero attached hydrogens (tertiary/aromatic N) is 3. The number of alkyl halides is 3. The molecule has 0 spiro atoms. The number of aliphatic hydroxyl groups excluding tert-OH is 1. The lowest BCUT2D eigenvalue weighted by atomic mass is 9.85. The molecule has 1 aliphatic carbocycles. The van der Waals surface area contributed by atoms with Crippen LogP contribution < -0.4 is 15.1 Å². The van der Waals surface area contributed by atoms with E-state index in [1.165, 1.54) is 15.9 Å². The van der Waals surface area contributed by atoms with Gasteiger partial charge in [0.25, 0.3) is 5.91 Å². The van der Waals surface area contributed by atoms with Gasteiger partial charge in [-0.1, -0.05) is 52.8 Å². The molecule has 60 heavy (non-hydrogen) atoms. The van der Waals surface area contributed by atoms with Crippen LogP contribution in [0.15, 0.2) is 60.0 Å². The molecule has 2 saturated heterocycles. The number of halogens is 3. The maximum atomic E-state index is 14.2. The van der Waals surface area contributed by atoms with Crippen LogP contribution in [-0.2, 0) is 35.5 Å². The molecule has 4 aliphatic rings. The van der Waals surface area contributed by atoms with Crippen LogP contribution in [0.5, 0.6) is 0 Å². The lowest BCUT2D eigenvalue weighted by molar-refractivity contribution is -0.142. The average Bonchev–Trinajstić information content (AvgIpc) is 3.77. The Labute approximate surface area is 358 Å². The van der Waals surface area contributed by atoms with Gasteiger partial charge in [0.2, 0.25) is 11.8 Å². The Kier molecular flexibility index (Phi) is 13.1. The fourth-order valence-corrected chi connectivity index (χ4v) is 10.2. The molecular formula is C45H55F3N4O6S2. The maximum Gasteiger partial charge on any atom is 0.416 e. The molecule has 6 rings (SSSR count). The zero-order chi connectivity index (χ0) is 43.9. The number of likely N-dealkylation sites (tertiary alicyclic amines) is 1. The first-order valence-corrected chi connectivity index (χ1v) is 22.1. The predicted molar refractivity (Wildman–Crippen MR) is 235 cm³/mol. The highest BCUT2D eigenvalue weighted by Gasteiger charge is 2.52. The van der Waals surface area contributed by atoms with Crippen molar-refractivity contribution < 1.29 is 42.2 Å². The number of β-amino-alcohol motifs (C(OH)–C–C–N with tert-alkyl or cyclic N) is 1. The van der Waals surface area contributed by atoms with E-state index >= 15 is 0 Å². The molecule has 3 heterocycles. The Morgan fingerprint density at radius 3 is 2.33 bits per heavy atom. The lowest BCUT2D eigenvalue weighted by Gasteiger charge is -2.34. The van der Waals surface area contributed by atoms with E-state index in [0.717, 1.165) is 30.0 Å². The van der Waals surface area contributed by atoms with Crippen molar-refractivity contribution in [3.63, 3.8) is 0 Å². The number of carbonyl (C=O) groups excluding carboxylic acids is 4. The second-order valence-corrected chi connectivity index (χ2v) is 20.6. The summed E-state index contributed by atoms with van der Waals surface area (Å²) >= 11 is 5.79. The van der Waals surface area contributed by atoms with Crippen LogP contribution in [0.4, 0.5) is 24.5 Å². The minimum atomic E-state index is -4.57. The third-order valence-corrected chi connectivity index (χ3v) is 14.4. The first-order valence-electron chi connectivity index (χ1n) is 20.3. The zero-order valence-electron chi connectivity index (χ0n) is 35.2. The van der Waals surface area contributed by atoms with Gasteiger partial charge in [-0.15, -0.1) is 0 Å². The van der Waals surface area contributed by atoms with Crippen LogP contribution in [0.3, 0.4) is 0 Å². The van der Waals surface area contributed by atoms with Gasteiger partial charge in [0.1, 0.15) is 24.5 Å². The van der Waals surface area contributed by atoms with Crippen molar-refractivity contribution in [2.24, 2.45) is 5.41 Å². The van der Waals surface area contributed by atoms with Crippen molar-refractivity contribution in [1.82, 2.24) is 10.2 Å². The average molecular weight is 869 g/mol. The molecule has 0 aromatic heterocycles. The van der Waals surface area contributed by atoms with Crippen molar-refractivity contribution in [3.8, 4) is 0 Å². The largest absolute Gasteiger partial charge is 0.416 e. The fraction of sp³-hybridized carbons (Fsp3) is 0.511. The van der Waals surface area contributed by atoms with Crippen LogP contribution in [0.1, 0.15) is 97.3 Å². The van der Waals surface area contributed by atoms with Crippen molar-refractivity contribution in [3.05, 3.63) is 76.7 Å². The van der Waals surface area contributed by atoms with Gasteiger partial charge in [-0.05, 0) is 126 Å². The summed E-state index contributed by atoms with van der Waals surface area (Å²) in [6.07, 6.45) is 2.62. The fourth-order valence-electron chi connectivity index (χ4n) is 8.03. The number of nitrogens with one attached hydrogen (secondary N) is 1. The quantitative estimate of drug-likeness (QED) is 0.114. The number of thiocarbonyl (C=S) groups is 1. The molecule has 1 saturated carbocycles. The van der Waals surface area contributed by atoms with Crippen molar-refractivity contribution in [2.45, 2.75) is 121 Å². The Hall–Kier alpha value is -4.18. The Bertz CT molecular complexity index is 2120. The first kappa shape index (κ1) is 45.3. The van der Waals surface area contributed by atoms with E-state index in [1.807, 2.05) is 52.0 Å². The molecule has 2 aromatic rings. The van der Waals surface area contributed by atoms with Crippen LogP contribution in [-0.4, -0.2) is 93.2 Å². The van der Waals surface area contributed by atoms with Crippen molar-refractivity contribution in [2.75, 3.05) is 29.6 Å². The summed E-state index contributed by atoms with van der Waals surface area (Å²) in [4.78, 5) is 55.7. The molecule has 2 aromatic carbocycles. The minimum Gasteiger partial charge on any atom is -0.391 e. The highest BCUT2D eigenvalue weighted by Crippen LogP contribution is 2.52. The van der Waals surface area contributed by atoms with Gasteiger partial charge >= 0.3 is 6.18 Å². The number of rotatable bonds is 14. The summed E-state index contributed by atoms with van der Waals surface area (Å²) in [5.74, 6) is -1.24. The van der Waals surface area contributed by atoms with E-state index in [0.29, 0.717) is 36.7 Å². The van der Waals surface area contributed by atoms with Crippen LogP contribution in [0, 0.1) is 5.41 Å². The monoisotopic (exact) mass is 868 g/mol. The topological polar surface area (TPSA) is 119 Å². The number of aldehydes is 1. The molecule has 10 nitrogen and oxygen atoms in total. The smallest absolute Gasteiger partial charge is 0.391 e. The van der Waals surface area contributed by atoms with E-state index < -0.39 is 64.0 Å². The number of aliphatic hydroxyl groups is 1. The number of ether oxygens (including phenoxy) is 1. The number of amides is 3. The van der Waals surface area contributed by atoms with E-state index in [4.69, 9.17) is 17.0 Å². The molecular weight excluding hydrogens is 814 g/mol. The number of anilines is 2. The molecule has 2 unspecified atom stereocenters. The predicted octanol–water partition coefficient (Wildman–Crippen LogP) is 7.53.